The first-order valence-corrected chi connectivity index (χ1v) is 8.20. The number of nitrogens with two attached hydrogens (primary N) is 1. The summed E-state index contributed by atoms with van der Waals surface area (Å²) < 4.78 is 38.5. The average Bonchev–Trinajstić information content (AvgIpc) is 2.83. The Kier molecular flexibility index (Phi) is 4.47. The molecule has 0 aromatic heterocycles. The Balaban J connectivity index is 1.83. The van der Waals surface area contributed by atoms with E-state index in [2.05, 4.69) is 0 Å². The van der Waals surface area contributed by atoms with Crippen molar-refractivity contribution in [3.05, 3.63) is 54.1 Å². The summed E-state index contributed by atoms with van der Waals surface area (Å²) in [6.07, 6.45) is -4.61. The SMILES string of the molecule is Nc1ccc(SC2CC(=O)N(c3cccc(C(F)(F)F)c3)C2=O)cc1. The van der Waals surface area contributed by atoms with Crippen LogP contribution >= 0.6 is 11.8 Å². The van der Waals surface area contributed by atoms with Gasteiger partial charge in [-0.15, -0.1) is 11.8 Å². The number of carbonyl (C=O) groups is 2. The molecule has 1 heterocycles. The lowest BCUT2D eigenvalue weighted by molar-refractivity contribution is -0.137. The molecule has 25 heavy (non-hydrogen) atoms. The van der Waals surface area contributed by atoms with E-state index in [1.807, 2.05) is 0 Å². The van der Waals surface area contributed by atoms with Crippen LogP contribution in [0.15, 0.2) is 53.4 Å². The van der Waals surface area contributed by atoms with E-state index in [1.54, 1.807) is 24.3 Å². The Labute approximate surface area is 145 Å². The molecule has 1 atom stereocenters. The number of benzene rings is 2. The molecule has 0 bridgehead atoms. The summed E-state index contributed by atoms with van der Waals surface area (Å²) >= 11 is 1.19. The molecular weight excluding hydrogens is 353 g/mol. The van der Waals surface area contributed by atoms with Crippen LogP contribution in [0.25, 0.3) is 0 Å². The quantitative estimate of drug-likeness (QED) is 0.664. The van der Waals surface area contributed by atoms with Crippen LogP contribution in [-0.4, -0.2) is 17.1 Å². The Morgan fingerprint density at radius 1 is 1.08 bits per heavy atom. The molecule has 3 rings (SSSR count). The summed E-state index contributed by atoms with van der Waals surface area (Å²) in [6, 6.07) is 11.0. The number of halogens is 3. The topological polar surface area (TPSA) is 63.4 Å². The van der Waals surface area contributed by atoms with Crippen LogP contribution in [0.4, 0.5) is 24.5 Å². The lowest BCUT2D eigenvalue weighted by atomic mass is 10.2. The summed E-state index contributed by atoms with van der Waals surface area (Å²) in [7, 11) is 0. The zero-order valence-electron chi connectivity index (χ0n) is 12.8. The van der Waals surface area contributed by atoms with Gasteiger partial charge in [0.05, 0.1) is 16.5 Å². The Bertz CT molecular complexity index is 821. The van der Waals surface area contributed by atoms with E-state index >= 15 is 0 Å². The zero-order valence-corrected chi connectivity index (χ0v) is 13.6. The van der Waals surface area contributed by atoms with Crippen molar-refractivity contribution in [2.75, 3.05) is 10.6 Å². The number of alkyl halides is 3. The predicted octanol–water partition coefficient (Wildman–Crippen LogP) is 3.71. The second-order valence-electron chi connectivity index (χ2n) is 5.50. The number of anilines is 2. The van der Waals surface area contributed by atoms with Crippen LogP contribution in [-0.2, 0) is 15.8 Å². The summed E-state index contributed by atoms with van der Waals surface area (Å²) in [6.45, 7) is 0. The first-order chi connectivity index (χ1) is 11.8. The highest BCUT2D eigenvalue weighted by Gasteiger charge is 2.41. The minimum absolute atomic E-state index is 0.0646. The largest absolute Gasteiger partial charge is 0.416 e. The van der Waals surface area contributed by atoms with Crippen molar-refractivity contribution < 1.29 is 22.8 Å². The highest BCUT2D eigenvalue weighted by molar-refractivity contribution is 8.00. The van der Waals surface area contributed by atoms with Crippen molar-refractivity contribution in [2.45, 2.75) is 22.7 Å². The Morgan fingerprint density at radius 2 is 1.76 bits per heavy atom. The van der Waals surface area contributed by atoms with Crippen molar-refractivity contribution in [1.82, 2.24) is 0 Å². The lowest BCUT2D eigenvalue weighted by Gasteiger charge is -2.16. The van der Waals surface area contributed by atoms with E-state index in [0.29, 0.717) is 5.69 Å². The number of thioether (sulfide) groups is 1. The van der Waals surface area contributed by atoms with Crippen molar-refractivity contribution >= 4 is 35.0 Å². The van der Waals surface area contributed by atoms with Gasteiger partial charge in [0.25, 0.3) is 0 Å². The maximum atomic E-state index is 12.8. The second-order valence-corrected chi connectivity index (χ2v) is 6.77. The Hall–Kier alpha value is -2.48. The molecular formula is C17H13F3N2O2S. The minimum Gasteiger partial charge on any atom is -0.399 e. The van der Waals surface area contributed by atoms with Gasteiger partial charge >= 0.3 is 6.18 Å². The molecule has 2 aromatic carbocycles. The van der Waals surface area contributed by atoms with Gasteiger partial charge in [-0.1, -0.05) is 6.07 Å². The van der Waals surface area contributed by atoms with E-state index in [1.165, 1.54) is 23.9 Å². The van der Waals surface area contributed by atoms with Gasteiger partial charge in [0, 0.05) is 17.0 Å². The second kappa shape index (κ2) is 6.44. The van der Waals surface area contributed by atoms with Crippen molar-refractivity contribution in [1.29, 1.82) is 0 Å². The molecule has 0 spiro atoms. The van der Waals surface area contributed by atoms with Crippen LogP contribution in [0.1, 0.15) is 12.0 Å². The fraction of sp³-hybridized carbons (Fsp3) is 0.176. The van der Waals surface area contributed by atoms with Crippen LogP contribution in [0, 0.1) is 0 Å². The third-order valence-corrected chi connectivity index (χ3v) is 4.89. The highest BCUT2D eigenvalue weighted by atomic mass is 32.2. The molecule has 1 fully saturated rings. The summed E-state index contributed by atoms with van der Waals surface area (Å²) in [4.78, 5) is 26.3. The van der Waals surface area contributed by atoms with Crippen LogP contribution < -0.4 is 10.6 Å². The van der Waals surface area contributed by atoms with Gasteiger partial charge in [0.1, 0.15) is 0 Å². The lowest BCUT2D eigenvalue weighted by Crippen LogP contribution is -2.31. The molecule has 130 valence electrons. The van der Waals surface area contributed by atoms with Gasteiger partial charge in [-0.05, 0) is 42.5 Å². The summed E-state index contributed by atoms with van der Waals surface area (Å²) in [5, 5.41) is -0.675. The number of hydrogen-bond donors (Lipinski definition) is 1. The third-order valence-electron chi connectivity index (χ3n) is 3.70. The number of carbonyl (C=O) groups excluding carboxylic acids is 2. The summed E-state index contributed by atoms with van der Waals surface area (Å²) in [5.74, 6) is -1.04. The fourth-order valence-electron chi connectivity index (χ4n) is 2.50. The number of imide groups is 1. The number of amides is 2. The smallest absolute Gasteiger partial charge is 0.399 e. The Morgan fingerprint density at radius 3 is 2.40 bits per heavy atom. The van der Waals surface area contributed by atoms with E-state index < -0.39 is 28.8 Å². The minimum atomic E-state index is -4.54. The predicted molar refractivity (Wildman–Crippen MR) is 89.1 cm³/mol. The van der Waals surface area contributed by atoms with Crippen LogP contribution in [0.3, 0.4) is 0 Å². The monoisotopic (exact) mass is 366 g/mol. The van der Waals surface area contributed by atoms with Gasteiger partial charge in [-0.25, -0.2) is 4.90 Å². The molecule has 1 aliphatic rings. The van der Waals surface area contributed by atoms with Crippen LogP contribution in [0.5, 0.6) is 0 Å². The van der Waals surface area contributed by atoms with E-state index in [4.69, 9.17) is 5.73 Å². The molecule has 2 aromatic rings. The van der Waals surface area contributed by atoms with E-state index in [0.717, 1.165) is 21.9 Å². The van der Waals surface area contributed by atoms with Crippen molar-refractivity contribution in [3.63, 3.8) is 0 Å². The van der Waals surface area contributed by atoms with Crippen molar-refractivity contribution in [2.24, 2.45) is 0 Å². The summed E-state index contributed by atoms with van der Waals surface area (Å²) in [5.41, 5.74) is 5.21. The van der Waals surface area contributed by atoms with E-state index in [9.17, 15) is 22.8 Å². The first kappa shape index (κ1) is 17.3. The molecule has 1 unspecified atom stereocenters. The maximum Gasteiger partial charge on any atom is 0.416 e. The third kappa shape index (κ3) is 3.63. The van der Waals surface area contributed by atoms with Gasteiger partial charge in [-0.2, -0.15) is 13.2 Å². The number of hydrogen-bond acceptors (Lipinski definition) is 4. The van der Waals surface area contributed by atoms with Gasteiger partial charge in [-0.3, -0.25) is 9.59 Å². The van der Waals surface area contributed by atoms with Crippen LogP contribution in [0.2, 0.25) is 0 Å². The first-order valence-electron chi connectivity index (χ1n) is 7.32. The standard InChI is InChI=1S/C17H13F3N2O2S/c18-17(19,20)10-2-1-3-12(8-10)22-15(23)9-14(16(22)24)25-13-6-4-11(21)5-7-13/h1-8,14H,9,21H2. The molecule has 2 amide bonds. The van der Waals surface area contributed by atoms with Crippen molar-refractivity contribution in [3.8, 4) is 0 Å². The molecule has 0 saturated carbocycles. The molecule has 1 saturated heterocycles. The van der Waals surface area contributed by atoms with Gasteiger partial charge in [0.15, 0.2) is 0 Å². The molecule has 1 aliphatic heterocycles. The van der Waals surface area contributed by atoms with E-state index in [-0.39, 0.29) is 12.1 Å². The number of nitrogens with zero attached hydrogens (tertiary/aromatic N) is 1. The van der Waals surface area contributed by atoms with Gasteiger partial charge < -0.3 is 5.73 Å². The zero-order chi connectivity index (χ0) is 18.2. The maximum absolute atomic E-state index is 12.8. The average molecular weight is 366 g/mol. The number of nitrogen functional groups attached to an aromatic ring is 1. The fourth-order valence-corrected chi connectivity index (χ4v) is 3.55. The highest BCUT2D eigenvalue weighted by Crippen LogP contribution is 2.36. The molecule has 4 nitrogen and oxygen atoms in total. The molecule has 0 aliphatic carbocycles. The molecule has 2 N–H and O–H groups in total. The van der Waals surface area contributed by atoms with Gasteiger partial charge in [0.2, 0.25) is 11.8 Å². The normalized spacial score (nSPS) is 18.0. The molecule has 0 radical (unpaired) electrons. The number of rotatable bonds is 3. The molecule has 8 heteroatoms.